The molecule has 0 aromatic heterocycles. The van der Waals surface area contributed by atoms with Gasteiger partial charge in [-0.3, -0.25) is 0 Å². The van der Waals surface area contributed by atoms with Crippen molar-refractivity contribution >= 4 is 5.97 Å². The summed E-state index contributed by atoms with van der Waals surface area (Å²) in [6.45, 7) is 6.06. The molecule has 0 amide bonds. The quantitative estimate of drug-likeness (QED) is 0.444. The first-order valence-corrected chi connectivity index (χ1v) is 3.52. The fourth-order valence-electron chi connectivity index (χ4n) is 0.426. The third-order valence-corrected chi connectivity index (χ3v) is 1.19. The summed E-state index contributed by atoms with van der Waals surface area (Å²) in [4.78, 5) is 10.8. The van der Waals surface area contributed by atoms with Gasteiger partial charge >= 0.3 is 5.97 Å². The Morgan fingerprint density at radius 1 is 1.60 bits per heavy atom. The van der Waals surface area contributed by atoms with Gasteiger partial charge < -0.3 is 4.74 Å². The van der Waals surface area contributed by atoms with Crippen molar-refractivity contribution in [3.05, 3.63) is 11.6 Å². The summed E-state index contributed by atoms with van der Waals surface area (Å²) in [6, 6.07) is 0. The first kappa shape index (κ1) is 9.21. The third-order valence-electron chi connectivity index (χ3n) is 1.19. The Labute approximate surface area is 61.9 Å². The first-order chi connectivity index (χ1) is 4.72. The molecule has 0 heterocycles. The lowest BCUT2D eigenvalue weighted by atomic mass is 10.3. The molecule has 0 bridgehead atoms. The van der Waals surface area contributed by atoms with Crippen LogP contribution in [0.2, 0.25) is 0 Å². The van der Waals surface area contributed by atoms with Gasteiger partial charge in [0, 0.05) is 5.57 Å². The van der Waals surface area contributed by atoms with E-state index < -0.39 is 0 Å². The van der Waals surface area contributed by atoms with Crippen LogP contribution in [0.25, 0.3) is 0 Å². The van der Waals surface area contributed by atoms with E-state index in [4.69, 9.17) is 4.74 Å². The average molecular weight is 142 g/mol. The molecule has 0 saturated carbocycles. The maximum Gasteiger partial charge on any atom is 0.333 e. The SMILES string of the molecule is C/C=C(/C)C(=O)OCCC. The van der Waals surface area contributed by atoms with Gasteiger partial charge in [-0.15, -0.1) is 0 Å². The lowest BCUT2D eigenvalue weighted by molar-refractivity contribution is -0.138. The van der Waals surface area contributed by atoms with E-state index >= 15 is 0 Å². The van der Waals surface area contributed by atoms with E-state index in [0.29, 0.717) is 12.2 Å². The molecule has 0 aliphatic heterocycles. The van der Waals surface area contributed by atoms with Crippen LogP contribution < -0.4 is 0 Å². The molecule has 2 heteroatoms. The summed E-state index contributed by atoms with van der Waals surface area (Å²) < 4.78 is 4.84. The van der Waals surface area contributed by atoms with E-state index in [9.17, 15) is 4.79 Å². The summed E-state index contributed by atoms with van der Waals surface area (Å²) in [5.74, 6) is -0.204. The van der Waals surface area contributed by atoms with Crippen molar-refractivity contribution in [1.29, 1.82) is 0 Å². The van der Waals surface area contributed by atoms with Gasteiger partial charge in [0.25, 0.3) is 0 Å². The Morgan fingerprint density at radius 2 is 2.20 bits per heavy atom. The van der Waals surface area contributed by atoms with E-state index in [2.05, 4.69) is 0 Å². The molecule has 58 valence electrons. The minimum atomic E-state index is -0.204. The van der Waals surface area contributed by atoms with Gasteiger partial charge in [-0.25, -0.2) is 4.79 Å². The highest BCUT2D eigenvalue weighted by atomic mass is 16.5. The van der Waals surface area contributed by atoms with Gasteiger partial charge in [-0.1, -0.05) is 13.0 Å². The van der Waals surface area contributed by atoms with Gasteiger partial charge in [0.1, 0.15) is 0 Å². The third kappa shape index (κ3) is 3.28. The number of esters is 1. The van der Waals surface area contributed by atoms with Crippen LogP contribution in [-0.4, -0.2) is 12.6 Å². The highest BCUT2D eigenvalue weighted by Crippen LogP contribution is 1.95. The molecule has 0 saturated heterocycles. The zero-order valence-electron chi connectivity index (χ0n) is 6.81. The second kappa shape index (κ2) is 5.03. The van der Waals surface area contributed by atoms with E-state index in [-0.39, 0.29) is 5.97 Å². The fourth-order valence-corrected chi connectivity index (χ4v) is 0.426. The molecule has 0 radical (unpaired) electrons. The van der Waals surface area contributed by atoms with E-state index in [1.807, 2.05) is 13.8 Å². The van der Waals surface area contributed by atoms with Gasteiger partial charge in [0.15, 0.2) is 0 Å². The van der Waals surface area contributed by atoms with Crippen molar-refractivity contribution in [2.24, 2.45) is 0 Å². The molecule has 0 rings (SSSR count). The van der Waals surface area contributed by atoms with E-state index in [0.717, 1.165) is 6.42 Å². The molecule has 2 nitrogen and oxygen atoms in total. The van der Waals surface area contributed by atoms with Crippen LogP contribution >= 0.6 is 0 Å². The lowest BCUT2D eigenvalue weighted by Crippen LogP contribution is -2.05. The van der Waals surface area contributed by atoms with E-state index in [1.54, 1.807) is 13.0 Å². The number of rotatable bonds is 3. The molecule has 0 atom stereocenters. The second-order valence-electron chi connectivity index (χ2n) is 2.11. The van der Waals surface area contributed by atoms with Crippen molar-refractivity contribution in [1.82, 2.24) is 0 Å². The standard InChI is InChI=1S/C8H14O2/c1-4-6-10-8(9)7(3)5-2/h5H,4,6H2,1-3H3/b7-5-. The zero-order valence-corrected chi connectivity index (χ0v) is 6.81. The molecule has 0 unspecified atom stereocenters. The smallest absolute Gasteiger partial charge is 0.333 e. The van der Waals surface area contributed by atoms with Crippen LogP contribution in [0.15, 0.2) is 11.6 Å². The van der Waals surface area contributed by atoms with E-state index in [1.165, 1.54) is 0 Å². The molecular formula is C8H14O2. The molecular weight excluding hydrogens is 128 g/mol. The van der Waals surface area contributed by atoms with Crippen molar-refractivity contribution in [3.8, 4) is 0 Å². The van der Waals surface area contributed by atoms with Gasteiger partial charge in [0.2, 0.25) is 0 Å². The Morgan fingerprint density at radius 3 is 2.60 bits per heavy atom. The minimum absolute atomic E-state index is 0.204. The fraction of sp³-hybridized carbons (Fsp3) is 0.625. The maximum atomic E-state index is 10.8. The van der Waals surface area contributed by atoms with Crippen molar-refractivity contribution in [2.45, 2.75) is 27.2 Å². The van der Waals surface area contributed by atoms with Crippen LogP contribution in [-0.2, 0) is 9.53 Å². The second-order valence-corrected chi connectivity index (χ2v) is 2.11. The highest BCUT2D eigenvalue weighted by Gasteiger charge is 2.01. The predicted molar refractivity (Wildman–Crippen MR) is 40.7 cm³/mol. The number of allylic oxidation sites excluding steroid dienone is 1. The number of hydrogen-bond donors (Lipinski definition) is 0. The number of carbonyl (C=O) groups is 1. The molecule has 0 fully saturated rings. The van der Waals surface area contributed by atoms with Crippen molar-refractivity contribution in [3.63, 3.8) is 0 Å². The number of carbonyl (C=O) groups excluding carboxylic acids is 1. The zero-order chi connectivity index (χ0) is 7.98. The van der Waals surface area contributed by atoms with Crippen LogP contribution in [0.5, 0.6) is 0 Å². The normalized spacial score (nSPS) is 11.3. The summed E-state index contributed by atoms with van der Waals surface area (Å²) in [6.07, 6.45) is 2.63. The number of ether oxygens (including phenoxy) is 1. The molecule has 0 spiro atoms. The van der Waals surface area contributed by atoms with Crippen LogP contribution in [0, 0.1) is 0 Å². The Kier molecular flexibility index (Phi) is 4.63. The molecule has 0 aliphatic carbocycles. The van der Waals surface area contributed by atoms with Gasteiger partial charge in [0.05, 0.1) is 6.61 Å². The molecule has 0 aromatic rings. The molecule has 10 heavy (non-hydrogen) atoms. The average Bonchev–Trinajstić information content (AvgIpc) is 1.98. The van der Waals surface area contributed by atoms with Crippen molar-refractivity contribution in [2.75, 3.05) is 6.61 Å². The topological polar surface area (TPSA) is 26.3 Å². The lowest BCUT2D eigenvalue weighted by Gasteiger charge is -2.00. The summed E-state index contributed by atoms with van der Waals surface area (Å²) in [5.41, 5.74) is 0.674. The van der Waals surface area contributed by atoms with Crippen LogP contribution in [0.1, 0.15) is 27.2 Å². The summed E-state index contributed by atoms with van der Waals surface area (Å²) in [5, 5.41) is 0. The van der Waals surface area contributed by atoms with Crippen LogP contribution in [0.3, 0.4) is 0 Å². The molecule has 0 aromatic carbocycles. The van der Waals surface area contributed by atoms with Crippen molar-refractivity contribution < 1.29 is 9.53 Å². The maximum absolute atomic E-state index is 10.8. The summed E-state index contributed by atoms with van der Waals surface area (Å²) >= 11 is 0. The Balaban J connectivity index is 3.63. The minimum Gasteiger partial charge on any atom is -0.462 e. The first-order valence-electron chi connectivity index (χ1n) is 3.52. The number of hydrogen-bond acceptors (Lipinski definition) is 2. The van der Waals surface area contributed by atoms with Gasteiger partial charge in [-0.05, 0) is 20.3 Å². The largest absolute Gasteiger partial charge is 0.462 e. The van der Waals surface area contributed by atoms with Crippen LogP contribution in [0.4, 0.5) is 0 Å². The van der Waals surface area contributed by atoms with Gasteiger partial charge in [-0.2, -0.15) is 0 Å². The predicted octanol–water partition coefficient (Wildman–Crippen LogP) is 1.91. The monoisotopic (exact) mass is 142 g/mol. The molecule has 0 aliphatic rings. The Hall–Kier alpha value is -0.790. The highest BCUT2D eigenvalue weighted by molar-refractivity contribution is 5.87. The Bertz CT molecular complexity index is 136. The summed E-state index contributed by atoms with van der Waals surface area (Å²) in [7, 11) is 0. The molecule has 0 N–H and O–H groups in total.